The van der Waals surface area contributed by atoms with Gasteiger partial charge in [0.05, 0.1) is 18.1 Å². The first-order valence-electron chi connectivity index (χ1n) is 8.02. The number of nitrogens with zero attached hydrogens (tertiary/aromatic N) is 1. The van der Waals surface area contributed by atoms with Crippen LogP contribution in [0.1, 0.15) is 29.0 Å². The molecule has 5 nitrogen and oxygen atoms in total. The van der Waals surface area contributed by atoms with Crippen molar-refractivity contribution in [1.29, 1.82) is 0 Å². The van der Waals surface area contributed by atoms with E-state index < -0.39 is 0 Å². The number of amides is 1. The molecule has 1 N–H and O–H groups in total. The maximum Gasteiger partial charge on any atom is 0.230 e. The molecule has 0 aliphatic rings. The second-order valence-electron chi connectivity index (χ2n) is 5.66. The number of aromatic nitrogens is 1. The zero-order chi connectivity index (χ0) is 17.4. The van der Waals surface area contributed by atoms with E-state index in [1.165, 1.54) is 5.56 Å². The molecule has 1 aromatic heterocycles. The van der Waals surface area contributed by atoms with Crippen LogP contribution in [-0.4, -0.2) is 30.0 Å². The Morgan fingerprint density at radius 1 is 1.33 bits per heavy atom. The van der Waals surface area contributed by atoms with E-state index in [0.717, 1.165) is 34.9 Å². The number of carbonyl (C=O) groups is 1. The molecule has 0 spiro atoms. The summed E-state index contributed by atoms with van der Waals surface area (Å²) in [5.41, 5.74) is 3.16. The van der Waals surface area contributed by atoms with E-state index in [1.807, 2.05) is 45.0 Å². The van der Waals surface area contributed by atoms with Crippen LogP contribution in [0.15, 0.2) is 28.8 Å². The number of hydrogen-bond donors (Lipinski definition) is 1. The van der Waals surface area contributed by atoms with Crippen molar-refractivity contribution in [3.05, 3.63) is 46.8 Å². The fourth-order valence-corrected chi connectivity index (χ4v) is 3.21. The summed E-state index contributed by atoms with van der Waals surface area (Å²) in [5.74, 6) is 2.92. The summed E-state index contributed by atoms with van der Waals surface area (Å²) in [7, 11) is 0. The predicted molar refractivity (Wildman–Crippen MR) is 96.4 cm³/mol. The third-order valence-corrected chi connectivity index (χ3v) is 4.52. The molecule has 0 saturated carbocycles. The SMILES string of the molecule is Cc1cccc(OCCCNC(=O)CSCc2c(C)noc2C)c1. The van der Waals surface area contributed by atoms with E-state index in [1.54, 1.807) is 11.8 Å². The van der Waals surface area contributed by atoms with Gasteiger partial charge in [-0.2, -0.15) is 0 Å². The van der Waals surface area contributed by atoms with Gasteiger partial charge < -0.3 is 14.6 Å². The standard InChI is InChI=1S/C18H24N2O3S/c1-13-6-4-7-16(10-13)22-9-5-8-19-18(21)12-24-11-17-14(2)20-23-15(17)3/h4,6-7,10H,5,8-9,11-12H2,1-3H3,(H,19,21). The summed E-state index contributed by atoms with van der Waals surface area (Å²) in [6.45, 7) is 7.06. The van der Waals surface area contributed by atoms with E-state index in [2.05, 4.69) is 10.5 Å². The Morgan fingerprint density at radius 2 is 2.17 bits per heavy atom. The monoisotopic (exact) mass is 348 g/mol. The maximum absolute atomic E-state index is 11.8. The zero-order valence-corrected chi connectivity index (χ0v) is 15.2. The molecular formula is C18H24N2O3S. The van der Waals surface area contributed by atoms with Crippen LogP contribution in [0.5, 0.6) is 5.75 Å². The molecule has 1 aromatic carbocycles. The van der Waals surface area contributed by atoms with Gasteiger partial charge in [-0.15, -0.1) is 11.8 Å². The van der Waals surface area contributed by atoms with Crippen molar-refractivity contribution in [3.63, 3.8) is 0 Å². The first kappa shape index (κ1) is 18.4. The van der Waals surface area contributed by atoms with Crippen LogP contribution in [0.4, 0.5) is 0 Å². The van der Waals surface area contributed by atoms with Crippen molar-refractivity contribution in [2.75, 3.05) is 18.9 Å². The summed E-state index contributed by atoms with van der Waals surface area (Å²) in [6, 6.07) is 7.96. The van der Waals surface area contributed by atoms with Gasteiger partial charge in [0.25, 0.3) is 0 Å². The van der Waals surface area contributed by atoms with Crippen LogP contribution < -0.4 is 10.1 Å². The topological polar surface area (TPSA) is 64.4 Å². The highest BCUT2D eigenvalue weighted by atomic mass is 32.2. The van der Waals surface area contributed by atoms with Gasteiger partial charge in [0.15, 0.2) is 0 Å². The fourth-order valence-electron chi connectivity index (χ4n) is 2.20. The Morgan fingerprint density at radius 3 is 2.88 bits per heavy atom. The third-order valence-electron chi connectivity index (χ3n) is 3.56. The Bertz CT molecular complexity index is 651. The number of thioether (sulfide) groups is 1. The van der Waals surface area contributed by atoms with Crippen LogP contribution in [0.3, 0.4) is 0 Å². The van der Waals surface area contributed by atoms with E-state index in [4.69, 9.17) is 9.26 Å². The minimum Gasteiger partial charge on any atom is -0.494 e. The lowest BCUT2D eigenvalue weighted by molar-refractivity contribution is -0.118. The van der Waals surface area contributed by atoms with Crippen LogP contribution in [0.25, 0.3) is 0 Å². The Labute approximate surface area is 147 Å². The molecule has 0 bridgehead atoms. The average molecular weight is 348 g/mol. The molecule has 0 saturated heterocycles. The van der Waals surface area contributed by atoms with Crippen molar-refractivity contribution < 1.29 is 14.1 Å². The molecule has 0 aliphatic carbocycles. The maximum atomic E-state index is 11.8. The summed E-state index contributed by atoms with van der Waals surface area (Å²) in [5, 5.41) is 6.82. The van der Waals surface area contributed by atoms with Crippen molar-refractivity contribution in [1.82, 2.24) is 10.5 Å². The Hall–Kier alpha value is -1.95. The number of carbonyl (C=O) groups excluding carboxylic acids is 1. The van der Waals surface area contributed by atoms with Gasteiger partial charge >= 0.3 is 0 Å². The molecule has 6 heteroatoms. The first-order chi connectivity index (χ1) is 11.6. The highest BCUT2D eigenvalue weighted by Gasteiger charge is 2.09. The van der Waals surface area contributed by atoms with Crippen LogP contribution >= 0.6 is 11.8 Å². The zero-order valence-electron chi connectivity index (χ0n) is 14.4. The molecule has 0 aliphatic heterocycles. The first-order valence-corrected chi connectivity index (χ1v) is 9.17. The van der Waals surface area contributed by atoms with E-state index in [0.29, 0.717) is 18.9 Å². The molecule has 130 valence electrons. The number of ether oxygens (including phenoxy) is 1. The summed E-state index contributed by atoms with van der Waals surface area (Å²) >= 11 is 1.57. The van der Waals surface area contributed by atoms with Gasteiger partial charge in [-0.05, 0) is 44.9 Å². The molecule has 24 heavy (non-hydrogen) atoms. The molecule has 2 rings (SSSR count). The van der Waals surface area contributed by atoms with Crippen LogP contribution in [-0.2, 0) is 10.5 Å². The second-order valence-corrected chi connectivity index (χ2v) is 6.65. The van der Waals surface area contributed by atoms with Gasteiger partial charge in [0.2, 0.25) is 5.91 Å². The van der Waals surface area contributed by atoms with E-state index in [-0.39, 0.29) is 5.91 Å². The smallest absolute Gasteiger partial charge is 0.230 e. The average Bonchev–Trinajstić information content (AvgIpc) is 2.86. The van der Waals surface area contributed by atoms with Gasteiger partial charge in [-0.3, -0.25) is 4.79 Å². The fraction of sp³-hybridized carbons (Fsp3) is 0.444. The quantitative estimate of drug-likeness (QED) is 0.704. The molecule has 0 atom stereocenters. The van der Waals surface area contributed by atoms with E-state index >= 15 is 0 Å². The summed E-state index contributed by atoms with van der Waals surface area (Å²) in [6.07, 6.45) is 0.786. The molecule has 0 fully saturated rings. The lowest BCUT2D eigenvalue weighted by Gasteiger charge is -2.08. The minimum absolute atomic E-state index is 0.0438. The van der Waals surface area contributed by atoms with Crippen molar-refractivity contribution in [2.45, 2.75) is 32.9 Å². The predicted octanol–water partition coefficient (Wildman–Crippen LogP) is 3.42. The summed E-state index contributed by atoms with van der Waals surface area (Å²) < 4.78 is 10.8. The second kappa shape index (κ2) is 9.37. The van der Waals surface area contributed by atoms with Crippen LogP contribution in [0.2, 0.25) is 0 Å². The molecular weight excluding hydrogens is 324 g/mol. The number of hydrogen-bond acceptors (Lipinski definition) is 5. The number of benzene rings is 1. The van der Waals surface area contributed by atoms with Gasteiger partial charge in [0, 0.05) is 17.9 Å². The third kappa shape index (κ3) is 5.92. The Kier molecular flexibility index (Phi) is 7.18. The molecule has 2 aromatic rings. The number of aryl methyl sites for hydroxylation is 3. The van der Waals surface area contributed by atoms with Gasteiger partial charge in [-0.1, -0.05) is 17.3 Å². The number of nitrogens with one attached hydrogen (secondary N) is 1. The van der Waals surface area contributed by atoms with E-state index in [9.17, 15) is 4.79 Å². The van der Waals surface area contributed by atoms with Crippen LogP contribution in [0, 0.1) is 20.8 Å². The Balaban J connectivity index is 1.55. The normalized spacial score (nSPS) is 10.6. The molecule has 1 heterocycles. The largest absolute Gasteiger partial charge is 0.494 e. The lowest BCUT2D eigenvalue weighted by Crippen LogP contribution is -2.27. The molecule has 0 unspecified atom stereocenters. The molecule has 1 amide bonds. The van der Waals surface area contributed by atoms with Gasteiger partial charge in [-0.25, -0.2) is 0 Å². The minimum atomic E-state index is 0.0438. The highest BCUT2D eigenvalue weighted by Crippen LogP contribution is 2.19. The van der Waals surface area contributed by atoms with Crippen molar-refractivity contribution in [2.24, 2.45) is 0 Å². The van der Waals surface area contributed by atoms with Gasteiger partial charge in [0.1, 0.15) is 11.5 Å². The number of rotatable bonds is 9. The highest BCUT2D eigenvalue weighted by molar-refractivity contribution is 7.99. The summed E-state index contributed by atoms with van der Waals surface area (Å²) in [4.78, 5) is 11.8. The lowest BCUT2D eigenvalue weighted by atomic mass is 10.2. The van der Waals surface area contributed by atoms with Crippen molar-refractivity contribution in [3.8, 4) is 5.75 Å². The van der Waals surface area contributed by atoms with Crippen molar-refractivity contribution >= 4 is 17.7 Å². The molecule has 0 radical (unpaired) electrons.